The second kappa shape index (κ2) is 3.62. The van der Waals surface area contributed by atoms with Gasteiger partial charge >= 0.3 is 0 Å². The van der Waals surface area contributed by atoms with Crippen LogP contribution in [0, 0.1) is 0 Å². The summed E-state index contributed by atoms with van der Waals surface area (Å²) in [6.45, 7) is 0. The first-order valence-corrected chi connectivity index (χ1v) is 5.55. The molecule has 2 aromatic rings. The van der Waals surface area contributed by atoms with E-state index in [0.717, 1.165) is 4.47 Å². The lowest BCUT2D eigenvalue weighted by Crippen LogP contribution is -2.02. The summed E-state index contributed by atoms with van der Waals surface area (Å²) in [6, 6.07) is 0. The summed E-state index contributed by atoms with van der Waals surface area (Å²) in [6.07, 6.45) is 1.46. The Morgan fingerprint density at radius 1 is 1.57 bits per heavy atom. The van der Waals surface area contributed by atoms with Crippen molar-refractivity contribution >= 4 is 33.0 Å². The molecule has 0 unspecified atom stereocenters. The Bertz CT molecular complexity index is 476. The lowest BCUT2D eigenvalue weighted by Gasteiger charge is -1.92. The zero-order valence-corrected chi connectivity index (χ0v) is 9.67. The van der Waals surface area contributed by atoms with Crippen LogP contribution >= 0.6 is 27.3 Å². The van der Waals surface area contributed by atoms with Gasteiger partial charge in [0.1, 0.15) is 0 Å². The van der Waals surface area contributed by atoms with Crippen LogP contribution in [0.3, 0.4) is 0 Å². The highest BCUT2D eigenvalue weighted by atomic mass is 79.9. The molecule has 0 aliphatic heterocycles. The number of carbonyl (C=O) groups is 1. The van der Waals surface area contributed by atoms with Gasteiger partial charge in [-0.1, -0.05) is 0 Å². The third kappa shape index (κ3) is 1.62. The summed E-state index contributed by atoms with van der Waals surface area (Å²) in [5.74, 6) is -0.105. The van der Waals surface area contributed by atoms with E-state index in [1.807, 2.05) is 5.38 Å². The quantitative estimate of drug-likeness (QED) is 0.784. The molecule has 2 rings (SSSR count). The number of ketones is 1. The van der Waals surface area contributed by atoms with Crippen molar-refractivity contribution in [1.29, 1.82) is 0 Å². The van der Waals surface area contributed by atoms with Gasteiger partial charge < -0.3 is 0 Å². The summed E-state index contributed by atoms with van der Waals surface area (Å²) in [7, 11) is 1.68. The lowest BCUT2D eigenvalue weighted by atomic mass is 10.2. The highest BCUT2D eigenvalue weighted by molar-refractivity contribution is 9.10. The van der Waals surface area contributed by atoms with E-state index in [0.29, 0.717) is 11.3 Å². The predicted molar refractivity (Wildman–Crippen MR) is 56.5 cm³/mol. The minimum atomic E-state index is -0.105. The Labute approximate surface area is 92.7 Å². The van der Waals surface area contributed by atoms with Crippen LogP contribution in [0.5, 0.6) is 0 Å². The highest BCUT2D eigenvalue weighted by Gasteiger charge is 2.15. The Morgan fingerprint density at radius 2 is 2.36 bits per heavy atom. The number of hydrogen-bond acceptors (Lipinski definition) is 4. The van der Waals surface area contributed by atoms with Gasteiger partial charge in [0.15, 0.2) is 5.69 Å². The molecular formula is C8H6BrN3OS. The third-order valence-corrected chi connectivity index (χ3v) is 3.39. The standard InChI is InChI=1S/C8H6BrN3OS/c1-12-10-2-7(11-12)8(13)5-3-14-4-6(5)9/h2-4H,1H3. The van der Waals surface area contributed by atoms with Crippen molar-refractivity contribution in [3.63, 3.8) is 0 Å². The van der Waals surface area contributed by atoms with Crippen LogP contribution in [-0.4, -0.2) is 20.8 Å². The van der Waals surface area contributed by atoms with E-state index in [1.54, 1.807) is 12.4 Å². The largest absolute Gasteiger partial charge is 0.287 e. The first-order valence-electron chi connectivity index (χ1n) is 3.81. The summed E-state index contributed by atoms with van der Waals surface area (Å²) in [4.78, 5) is 13.2. The van der Waals surface area contributed by atoms with Crippen LogP contribution in [0.4, 0.5) is 0 Å². The van der Waals surface area contributed by atoms with Crippen LogP contribution in [0.1, 0.15) is 16.1 Å². The van der Waals surface area contributed by atoms with Gasteiger partial charge in [0.25, 0.3) is 0 Å². The summed E-state index contributed by atoms with van der Waals surface area (Å²) < 4.78 is 0.804. The number of nitrogens with zero attached hydrogens (tertiary/aromatic N) is 3. The van der Waals surface area contributed by atoms with E-state index < -0.39 is 0 Å². The number of halogens is 1. The SMILES string of the molecule is Cn1ncc(C(=O)c2cscc2Br)n1. The number of carbonyl (C=O) groups excluding carboxylic acids is 1. The maximum atomic E-state index is 11.8. The Kier molecular flexibility index (Phi) is 2.47. The summed E-state index contributed by atoms with van der Waals surface area (Å²) >= 11 is 4.78. The Morgan fingerprint density at radius 3 is 2.86 bits per heavy atom. The minimum Gasteiger partial charge on any atom is -0.287 e. The molecule has 0 saturated heterocycles. The predicted octanol–water partition coefficient (Wildman–Crippen LogP) is 1.87. The van der Waals surface area contributed by atoms with Crippen molar-refractivity contribution in [2.75, 3.05) is 0 Å². The van der Waals surface area contributed by atoms with Crippen molar-refractivity contribution in [2.24, 2.45) is 7.05 Å². The Hall–Kier alpha value is -1.01. The summed E-state index contributed by atoms with van der Waals surface area (Å²) in [5, 5.41) is 11.5. The van der Waals surface area contributed by atoms with Gasteiger partial charge in [0.2, 0.25) is 5.78 Å². The van der Waals surface area contributed by atoms with E-state index in [2.05, 4.69) is 26.1 Å². The van der Waals surface area contributed by atoms with E-state index in [-0.39, 0.29) is 5.78 Å². The van der Waals surface area contributed by atoms with Crippen molar-refractivity contribution in [2.45, 2.75) is 0 Å². The van der Waals surface area contributed by atoms with E-state index in [1.165, 1.54) is 22.3 Å². The van der Waals surface area contributed by atoms with Gasteiger partial charge in [-0.2, -0.15) is 26.3 Å². The van der Waals surface area contributed by atoms with Gasteiger partial charge in [-0.15, -0.1) is 0 Å². The highest BCUT2D eigenvalue weighted by Crippen LogP contribution is 2.23. The molecule has 0 aliphatic carbocycles. The molecule has 0 fully saturated rings. The average Bonchev–Trinajstić information content (AvgIpc) is 2.73. The molecule has 0 bridgehead atoms. The molecule has 0 atom stereocenters. The minimum absolute atomic E-state index is 0.105. The van der Waals surface area contributed by atoms with Crippen LogP contribution < -0.4 is 0 Å². The number of aromatic nitrogens is 3. The molecule has 2 heterocycles. The van der Waals surface area contributed by atoms with Gasteiger partial charge in [-0.3, -0.25) is 4.79 Å². The van der Waals surface area contributed by atoms with Crippen molar-refractivity contribution < 1.29 is 4.79 Å². The van der Waals surface area contributed by atoms with Gasteiger partial charge in [0.05, 0.1) is 6.20 Å². The molecule has 0 aromatic carbocycles. The average molecular weight is 272 g/mol. The Balaban J connectivity index is 2.38. The number of hydrogen-bond donors (Lipinski definition) is 0. The van der Waals surface area contributed by atoms with Crippen LogP contribution in [-0.2, 0) is 7.05 Å². The number of aryl methyl sites for hydroxylation is 1. The second-order valence-electron chi connectivity index (χ2n) is 2.68. The molecule has 2 aromatic heterocycles. The molecule has 14 heavy (non-hydrogen) atoms. The molecule has 72 valence electrons. The van der Waals surface area contributed by atoms with Crippen LogP contribution in [0.25, 0.3) is 0 Å². The molecular weight excluding hydrogens is 266 g/mol. The van der Waals surface area contributed by atoms with Crippen molar-refractivity contribution in [3.8, 4) is 0 Å². The topological polar surface area (TPSA) is 47.8 Å². The maximum absolute atomic E-state index is 11.8. The zero-order valence-electron chi connectivity index (χ0n) is 7.27. The molecule has 0 N–H and O–H groups in total. The fourth-order valence-electron chi connectivity index (χ4n) is 1.03. The monoisotopic (exact) mass is 271 g/mol. The lowest BCUT2D eigenvalue weighted by molar-refractivity contribution is 0.103. The van der Waals surface area contributed by atoms with E-state index in [9.17, 15) is 4.79 Å². The first kappa shape index (κ1) is 9.54. The second-order valence-corrected chi connectivity index (χ2v) is 4.28. The number of rotatable bonds is 2. The van der Waals surface area contributed by atoms with Crippen LogP contribution in [0.15, 0.2) is 21.4 Å². The zero-order chi connectivity index (χ0) is 10.1. The molecule has 0 radical (unpaired) electrons. The third-order valence-electron chi connectivity index (χ3n) is 1.69. The van der Waals surface area contributed by atoms with Crippen LogP contribution in [0.2, 0.25) is 0 Å². The van der Waals surface area contributed by atoms with Crippen molar-refractivity contribution in [1.82, 2.24) is 15.0 Å². The van der Waals surface area contributed by atoms with Crippen molar-refractivity contribution in [3.05, 3.63) is 32.7 Å². The first-order chi connectivity index (χ1) is 6.68. The molecule has 4 nitrogen and oxygen atoms in total. The smallest absolute Gasteiger partial charge is 0.216 e. The summed E-state index contributed by atoms with van der Waals surface area (Å²) in [5.41, 5.74) is 1.00. The van der Waals surface area contributed by atoms with Gasteiger partial charge in [0, 0.05) is 27.8 Å². The molecule has 6 heteroatoms. The number of thiophene rings is 1. The van der Waals surface area contributed by atoms with E-state index in [4.69, 9.17) is 0 Å². The van der Waals surface area contributed by atoms with Gasteiger partial charge in [-0.05, 0) is 15.9 Å². The van der Waals surface area contributed by atoms with E-state index >= 15 is 0 Å². The fourth-order valence-corrected chi connectivity index (χ4v) is 2.49. The van der Waals surface area contributed by atoms with Gasteiger partial charge in [-0.25, -0.2) is 0 Å². The fraction of sp³-hybridized carbons (Fsp3) is 0.125. The molecule has 0 amide bonds. The normalized spacial score (nSPS) is 10.4. The maximum Gasteiger partial charge on any atom is 0.216 e. The molecule has 0 saturated carbocycles. The molecule has 0 spiro atoms. The molecule has 0 aliphatic rings.